The van der Waals surface area contributed by atoms with Gasteiger partial charge in [-0.05, 0) is 37.1 Å². The first-order valence-electron chi connectivity index (χ1n) is 8.34. The second-order valence-corrected chi connectivity index (χ2v) is 8.91. The number of hydrogen-bond acceptors (Lipinski definition) is 6. The Labute approximate surface area is 158 Å². The Hall–Kier alpha value is -1.83. The van der Waals surface area contributed by atoms with Crippen molar-refractivity contribution in [3.05, 3.63) is 46.6 Å². The predicted molar refractivity (Wildman–Crippen MR) is 103 cm³/mol. The first-order valence-corrected chi connectivity index (χ1v) is 10.6. The Morgan fingerprint density at radius 1 is 1.31 bits per heavy atom. The van der Waals surface area contributed by atoms with Crippen LogP contribution in [0.25, 0.3) is 0 Å². The van der Waals surface area contributed by atoms with Crippen LogP contribution in [0.5, 0.6) is 0 Å². The highest BCUT2D eigenvalue weighted by Crippen LogP contribution is 2.35. The van der Waals surface area contributed by atoms with Gasteiger partial charge in [0.05, 0.1) is 17.5 Å². The van der Waals surface area contributed by atoms with Gasteiger partial charge in [-0.15, -0.1) is 0 Å². The Kier molecular flexibility index (Phi) is 5.41. The monoisotopic (exact) mass is 395 g/mol. The number of nitrogen functional groups attached to an aromatic ring is 1. The molecule has 6 nitrogen and oxygen atoms in total. The van der Waals surface area contributed by atoms with Gasteiger partial charge in [0.25, 0.3) is 0 Å². The van der Waals surface area contributed by atoms with E-state index >= 15 is 0 Å². The zero-order chi connectivity index (χ0) is 18.9. The van der Waals surface area contributed by atoms with Crippen LogP contribution in [0.2, 0.25) is 5.02 Å². The molecular formula is C18H22ClN3O3S. The average molecular weight is 396 g/mol. The molecular weight excluding hydrogens is 374 g/mol. The summed E-state index contributed by atoms with van der Waals surface area (Å²) in [5.41, 5.74) is 8.54. The van der Waals surface area contributed by atoms with E-state index in [1.54, 1.807) is 12.1 Å². The number of hydrogen-bond donors (Lipinski definition) is 1. The molecule has 0 saturated carbocycles. The SMILES string of the molecule is Cc1cc(N2CCCOC[C@@H]2c2ccc(S(C)(=O)=O)cc2Cl)cc(N)n1. The quantitative estimate of drug-likeness (QED) is 0.859. The van der Waals surface area contributed by atoms with Crippen LogP contribution in [0.3, 0.4) is 0 Å². The molecule has 26 heavy (non-hydrogen) atoms. The van der Waals surface area contributed by atoms with Crippen molar-refractivity contribution in [2.24, 2.45) is 0 Å². The van der Waals surface area contributed by atoms with Crippen LogP contribution in [0, 0.1) is 6.92 Å². The molecule has 0 amide bonds. The number of aromatic nitrogens is 1. The summed E-state index contributed by atoms with van der Waals surface area (Å²) in [7, 11) is -3.31. The van der Waals surface area contributed by atoms with Gasteiger partial charge >= 0.3 is 0 Å². The van der Waals surface area contributed by atoms with Crippen LogP contribution in [0.1, 0.15) is 23.7 Å². The van der Waals surface area contributed by atoms with Crippen LogP contribution >= 0.6 is 11.6 Å². The molecule has 1 aromatic carbocycles. The van der Waals surface area contributed by atoms with Gasteiger partial charge in [-0.2, -0.15) is 0 Å². The number of ether oxygens (including phenoxy) is 1. The third kappa shape index (κ3) is 4.11. The van der Waals surface area contributed by atoms with Gasteiger partial charge in [0.15, 0.2) is 9.84 Å². The number of pyridine rings is 1. The minimum absolute atomic E-state index is 0.139. The number of sulfone groups is 1. The second kappa shape index (κ2) is 7.42. The summed E-state index contributed by atoms with van der Waals surface area (Å²) < 4.78 is 29.3. The number of nitrogens with zero attached hydrogens (tertiary/aromatic N) is 2. The molecule has 1 fully saturated rings. The molecule has 1 aliphatic heterocycles. The number of anilines is 2. The van der Waals surface area contributed by atoms with E-state index in [0.29, 0.717) is 24.1 Å². The topological polar surface area (TPSA) is 85.5 Å². The summed E-state index contributed by atoms with van der Waals surface area (Å²) in [6.45, 7) is 3.79. The standard InChI is InChI=1S/C18H22ClN3O3S/c1-12-8-13(9-18(20)21-12)22-6-3-7-25-11-17(22)15-5-4-14(10-16(15)19)26(2,23)24/h4-5,8-10,17H,3,6-7,11H2,1-2H3,(H2,20,21)/t17-/m1/s1. The van der Waals surface area contributed by atoms with E-state index in [4.69, 9.17) is 22.1 Å². The van der Waals surface area contributed by atoms with Crippen molar-refractivity contribution in [2.45, 2.75) is 24.3 Å². The van der Waals surface area contributed by atoms with Crippen molar-refractivity contribution in [1.29, 1.82) is 0 Å². The molecule has 0 spiro atoms. The van der Waals surface area contributed by atoms with Crippen molar-refractivity contribution < 1.29 is 13.2 Å². The highest BCUT2D eigenvalue weighted by molar-refractivity contribution is 7.90. The Morgan fingerprint density at radius 3 is 2.73 bits per heavy atom. The number of benzene rings is 1. The van der Waals surface area contributed by atoms with Crippen molar-refractivity contribution in [2.75, 3.05) is 36.6 Å². The number of nitrogens with two attached hydrogens (primary N) is 1. The maximum Gasteiger partial charge on any atom is 0.175 e. The number of aryl methyl sites for hydroxylation is 1. The lowest BCUT2D eigenvalue weighted by Gasteiger charge is -2.32. The number of halogens is 1. The summed E-state index contributed by atoms with van der Waals surface area (Å²) in [6.07, 6.45) is 2.04. The lowest BCUT2D eigenvalue weighted by atomic mass is 10.0. The van der Waals surface area contributed by atoms with Crippen molar-refractivity contribution in [1.82, 2.24) is 4.98 Å². The van der Waals surface area contributed by atoms with Crippen molar-refractivity contribution in [3.63, 3.8) is 0 Å². The maximum atomic E-state index is 11.8. The highest BCUT2D eigenvalue weighted by atomic mass is 35.5. The zero-order valence-corrected chi connectivity index (χ0v) is 16.3. The summed E-state index contributed by atoms with van der Waals surface area (Å²) >= 11 is 6.45. The van der Waals surface area contributed by atoms with Crippen LogP contribution < -0.4 is 10.6 Å². The van der Waals surface area contributed by atoms with E-state index < -0.39 is 9.84 Å². The lowest BCUT2D eigenvalue weighted by molar-refractivity contribution is 0.134. The molecule has 1 aliphatic rings. The van der Waals surface area contributed by atoms with E-state index in [0.717, 1.165) is 29.9 Å². The highest BCUT2D eigenvalue weighted by Gasteiger charge is 2.26. The number of rotatable bonds is 3. The van der Waals surface area contributed by atoms with Crippen molar-refractivity contribution >= 4 is 32.9 Å². The van der Waals surface area contributed by atoms with Crippen LogP contribution in [-0.4, -0.2) is 39.4 Å². The largest absolute Gasteiger partial charge is 0.384 e. The van der Waals surface area contributed by atoms with Gasteiger partial charge in [0, 0.05) is 41.9 Å². The van der Waals surface area contributed by atoms with Crippen LogP contribution in [0.15, 0.2) is 35.2 Å². The second-order valence-electron chi connectivity index (χ2n) is 6.48. The normalized spacial score (nSPS) is 18.6. The van der Waals surface area contributed by atoms with Gasteiger partial charge in [0.2, 0.25) is 0 Å². The molecule has 2 aromatic rings. The third-order valence-corrected chi connectivity index (χ3v) is 5.83. The van der Waals surface area contributed by atoms with Gasteiger partial charge < -0.3 is 15.4 Å². The summed E-state index contributed by atoms with van der Waals surface area (Å²) in [5.74, 6) is 0.461. The van der Waals surface area contributed by atoms with Crippen LogP contribution in [-0.2, 0) is 14.6 Å². The third-order valence-electron chi connectivity index (χ3n) is 4.39. The van der Waals surface area contributed by atoms with Gasteiger partial charge in [0.1, 0.15) is 5.82 Å². The van der Waals surface area contributed by atoms with E-state index in [-0.39, 0.29) is 10.9 Å². The average Bonchev–Trinajstić information content (AvgIpc) is 2.78. The molecule has 0 bridgehead atoms. The smallest absolute Gasteiger partial charge is 0.175 e. The molecule has 1 atom stereocenters. The Bertz CT molecular complexity index is 898. The summed E-state index contributed by atoms with van der Waals surface area (Å²) in [5, 5.41) is 0.409. The molecule has 0 unspecified atom stereocenters. The van der Waals surface area contributed by atoms with Crippen molar-refractivity contribution in [3.8, 4) is 0 Å². The Balaban J connectivity index is 2.05. The van der Waals surface area contributed by atoms with E-state index in [1.807, 2.05) is 19.1 Å². The van der Waals surface area contributed by atoms with E-state index in [9.17, 15) is 8.42 Å². The first kappa shape index (κ1) is 18.9. The van der Waals surface area contributed by atoms with E-state index in [1.165, 1.54) is 12.3 Å². The predicted octanol–water partition coefficient (Wildman–Crippen LogP) is 3.00. The van der Waals surface area contributed by atoms with Gasteiger partial charge in [-0.1, -0.05) is 17.7 Å². The molecule has 3 rings (SSSR count). The molecule has 0 radical (unpaired) electrons. The molecule has 2 heterocycles. The minimum atomic E-state index is -3.31. The lowest BCUT2D eigenvalue weighted by Crippen LogP contribution is -2.31. The van der Waals surface area contributed by atoms with Gasteiger partial charge in [-0.3, -0.25) is 0 Å². The molecule has 1 saturated heterocycles. The fourth-order valence-electron chi connectivity index (χ4n) is 3.19. The van der Waals surface area contributed by atoms with Crippen LogP contribution in [0.4, 0.5) is 11.5 Å². The minimum Gasteiger partial charge on any atom is -0.384 e. The molecule has 2 N–H and O–H groups in total. The summed E-state index contributed by atoms with van der Waals surface area (Å²) in [4.78, 5) is 6.63. The summed E-state index contributed by atoms with van der Waals surface area (Å²) in [6, 6.07) is 8.53. The molecule has 1 aromatic heterocycles. The zero-order valence-electron chi connectivity index (χ0n) is 14.8. The fourth-order valence-corrected chi connectivity index (χ4v) is 4.21. The molecule has 0 aliphatic carbocycles. The maximum absolute atomic E-state index is 11.8. The molecule has 140 valence electrons. The molecule has 8 heteroatoms. The van der Waals surface area contributed by atoms with E-state index in [2.05, 4.69) is 9.88 Å². The first-order chi connectivity index (χ1) is 12.3. The fraction of sp³-hybridized carbons (Fsp3) is 0.389. The van der Waals surface area contributed by atoms with Gasteiger partial charge in [-0.25, -0.2) is 13.4 Å². The Morgan fingerprint density at radius 2 is 2.08 bits per heavy atom.